The third-order valence-electron chi connectivity index (χ3n) is 2.47. The summed E-state index contributed by atoms with van der Waals surface area (Å²) >= 11 is 0. The van der Waals surface area contributed by atoms with E-state index in [1.54, 1.807) is 6.92 Å². The first-order chi connectivity index (χ1) is 8.99. The van der Waals surface area contributed by atoms with E-state index in [4.69, 9.17) is 0 Å². The normalized spacial score (nSPS) is 10.2. The smallest absolute Gasteiger partial charge is 0.305 e. The summed E-state index contributed by atoms with van der Waals surface area (Å²) in [5, 5.41) is 19.4. The maximum absolute atomic E-state index is 13.1. The van der Waals surface area contributed by atoms with E-state index < -0.39 is 22.3 Å². The number of anilines is 1. The number of benzene rings is 1. The number of hydrogen-bond donors (Lipinski definition) is 2. The van der Waals surface area contributed by atoms with Crippen LogP contribution in [-0.2, 0) is 0 Å². The Labute approximate surface area is 106 Å². The number of nitro groups is 1. The lowest BCUT2D eigenvalue weighted by Crippen LogP contribution is -2.13. The number of H-pyrrole nitrogens is 1. The van der Waals surface area contributed by atoms with Gasteiger partial charge in [0.1, 0.15) is 5.82 Å². The van der Waals surface area contributed by atoms with Crippen molar-refractivity contribution in [2.45, 2.75) is 6.92 Å². The van der Waals surface area contributed by atoms with Crippen LogP contribution in [0.15, 0.2) is 24.4 Å². The number of nitrogens with zero attached hydrogens (tertiary/aromatic N) is 2. The molecule has 0 fully saturated rings. The molecule has 0 aliphatic carbocycles. The van der Waals surface area contributed by atoms with E-state index in [1.165, 1.54) is 12.3 Å². The van der Waals surface area contributed by atoms with Crippen LogP contribution in [0.25, 0.3) is 0 Å². The van der Waals surface area contributed by atoms with Gasteiger partial charge in [0, 0.05) is 17.2 Å². The predicted octanol–water partition coefficient (Wildman–Crippen LogP) is 2.02. The topological polar surface area (TPSA) is 101 Å². The van der Waals surface area contributed by atoms with E-state index in [2.05, 4.69) is 15.5 Å². The van der Waals surface area contributed by atoms with Gasteiger partial charge in [-0.05, 0) is 19.1 Å². The third-order valence-corrected chi connectivity index (χ3v) is 2.47. The van der Waals surface area contributed by atoms with Crippen molar-refractivity contribution in [1.82, 2.24) is 10.2 Å². The van der Waals surface area contributed by atoms with Crippen molar-refractivity contribution in [3.05, 3.63) is 51.5 Å². The molecule has 1 heterocycles. The molecule has 0 saturated heterocycles. The molecule has 0 saturated carbocycles. The molecule has 19 heavy (non-hydrogen) atoms. The Morgan fingerprint density at radius 3 is 2.84 bits per heavy atom. The van der Waals surface area contributed by atoms with Gasteiger partial charge in [-0.15, -0.1) is 0 Å². The molecule has 2 N–H and O–H groups in total. The van der Waals surface area contributed by atoms with Crippen molar-refractivity contribution >= 4 is 17.4 Å². The van der Waals surface area contributed by atoms with Crippen LogP contribution in [0.1, 0.15) is 15.9 Å². The van der Waals surface area contributed by atoms with Crippen molar-refractivity contribution in [2.75, 3.05) is 5.32 Å². The Bertz CT molecular complexity index is 653. The van der Waals surface area contributed by atoms with Gasteiger partial charge >= 0.3 is 5.69 Å². The number of nitrogens with one attached hydrogen (secondary N) is 2. The van der Waals surface area contributed by atoms with Crippen molar-refractivity contribution < 1.29 is 14.1 Å². The molecule has 1 aromatic heterocycles. The molecule has 0 radical (unpaired) electrons. The molecule has 1 amide bonds. The summed E-state index contributed by atoms with van der Waals surface area (Å²) in [6.45, 7) is 1.73. The molecule has 98 valence electrons. The molecule has 0 aliphatic rings. The summed E-state index contributed by atoms with van der Waals surface area (Å²) < 4.78 is 13.1. The van der Waals surface area contributed by atoms with Crippen molar-refractivity contribution in [3.8, 4) is 0 Å². The number of hydrogen-bond acceptors (Lipinski definition) is 4. The van der Waals surface area contributed by atoms with Crippen LogP contribution >= 0.6 is 0 Å². The van der Waals surface area contributed by atoms with Crippen LogP contribution in [0.4, 0.5) is 15.9 Å². The number of amides is 1. The van der Waals surface area contributed by atoms with E-state index >= 15 is 0 Å². The van der Waals surface area contributed by atoms with Crippen LogP contribution < -0.4 is 5.32 Å². The Hall–Kier alpha value is -2.77. The monoisotopic (exact) mass is 264 g/mol. The van der Waals surface area contributed by atoms with Crippen molar-refractivity contribution in [3.63, 3.8) is 0 Å². The Balaban J connectivity index is 2.27. The van der Waals surface area contributed by atoms with Crippen LogP contribution in [0, 0.1) is 22.9 Å². The fourth-order valence-electron chi connectivity index (χ4n) is 1.45. The van der Waals surface area contributed by atoms with Crippen LogP contribution in [0.3, 0.4) is 0 Å². The summed E-state index contributed by atoms with van der Waals surface area (Å²) in [5.74, 6) is -1.19. The first-order valence-electron chi connectivity index (χ1n) is 5.24. The number of halogens is 1. The zero-order valence-electron chi connectivity index (χ0n) is 9.81. The molecule has 0 spiro atoms. The summed E-state index contributed by atoms with van der Waals surface area (Å²) in [6, 6.07) is 2.94. The molecule has 0 atom stereocenters. The molecule has 0 unspecified atom stereocenters. The van der Waals surface area contributed by atoms with E-state index in [1.807, 2.05) is 0 Å². The molecular formula is C11H9FN4O3. The third kappa shape index (κ3) is 2.57. The van der Waals surface area contributed by atoms with Gasteiger partial charge in [0.25, 0.3) is 5.91 Å². The van der Waals surface area contributed by atoms with Crippen molar-refractivity contribution in [2.24, 2.45) is 0 Å². The van der Waals surface area contributed by atoms with E-state index in [-0.39, 0.29) is 5.56 Å². The van der Waals surface area contributed by atoms with E-state index in [0.717, 1.165) is 12.1 Å². The second-order valence-electron chi connectivity index (χ2n) is 3.81. The highest BCUT2D eigenvalue weighted by molar-refractivity contribution is 6.04. The highest BCUT2D eigenvalue weighted by Gasteiger charge is 2.18. The average molecular weight is 264 g/mol. The zero-order chi connectivity index (χ0) is 14.0. The highest BCUT2D eigenvalue weighted by Crippen LogP contribution is 2.19. The van der Waals surface area contributed by atoms with Crippen LogP contribution in [0.2, 0.25) is 0 Å². The summed E-state index contributed by atoms with van der Waals surface area (Å²) in [5.41, 5.74) is -0.0407. The van der Waals surface area contributed by atoms with E-state index in [0.29, 0.717) is 11.4 Å². The lowest BCUT2D eigenvalue weighted by Gasteiger charge is -2.04. The number of aromatic nitrogens is 2. The number of carbonyl (C=O) groups is 1. The van der Waals surface area contributed by atoms with Crippen LogP contribution in [0.5, 0.6) is 0 Å². The molecule has 8 heteroatoms. The minimum absolute atomic E-state index is 0.0119. The molecule has 1 aromatic carbocycles. The number of nitro benzene ring substituents is 1. The van der Waals surface area contributed by atoms with Gasteiger partial charge in [-0.25, -0.2) is 0 Å². The fourth-order valence-corrected chi connectivity index (χ4v) is 1.45. The van der Waals surface area contributed by atoms with Gasteiger partial charge in [0.2, 0.25) is 5.82 Å². The second kappa shape index (κ2) is 4.84. The van der Waals surface area contributed by atoms with Gasteiger partial charge in [0.15, 0.2) is 0 Å². The van der Waals surface area contributed by atoms with Gasteiger partial charge in [-0.2, -0.15) is 9.49 Å². The number of rotatable bonds is 3. The standard InChI is InChI=1S/C11H9FN4O3/c1-6-5-13-15-10(6)14-11(17)7-2-3-8(12)9(4-7)16(18)19/h2-5H,1H3,(H2,13,14,15,17). The molecular weight excluding hydrogens is 255 g/mol. The summed E-state index contributed by atoms with van der Waals surface area (Å²) in [7, 11) is 0. The summed E-state index contributed by atoms with van der Waals surface area (Å²) in [6.07, 6.45) is 1.52. The zero-order valence-corrected chi connectivity index (χ0v) is 9.81. The number of aryl methyl sites for hydroxylation is 1. The molecule has 7 nitrogen and oxygen atoms in total. The maximum atomic E-state index is 13.1. The lowest BCUT2D eigenvalue weighted by molar-refractivity contribution is -0.387. The quantitative estimate of drug-likeness (QED) is 0.654. The maximum Gasteiger partial charge on any atom is 0.305 e. The first-order valence-corrected chi connectivity index (χ1v) is 5.24. The average Bonchev–Trinajstić information content (AvgIpc) is 2.75. The number of carbonyl (C=O) groups excluding carboxylic acids is 1. The Kier molecular flexibility index (Phi) is 3.23. The molecule has 0 aliphatic heterocycles. The van der Waals surface area contributed by atoms with Gasteiger partial charge in [-0.1, -0.05) is 0 Å². The predicted molar refractivity (Wildman–Crippen MR) is 64.3 cm³/mol. The lowest BCUT2D eigenvalue weighted by atomic mass is 10.2. The van der Waals surface area contributed by atoms with Crippen molar-refractivity contribution in [1.29, 1.82) is 0 Å². The molecule has 2 rings (SSSR count). The van der Waals surface area contributed by atoms with Gasteiger partial charge in [0.05, 0.1) is 11.1 Å². The minimum atomic E-state index is -0.987. The van der Waals surface area contributed by atoms with Crippen LogP contribution in [-0.4, -0.2) is 21.0 Å². The highest BCUT2D eigenvalue weighted by atomic mass is 19.1. The van der Waals surface area contributed by atoms with Gasteiger partial charge < -0.3 is 5.32 Å². The minimum Gasteiger partial charge on any atom is -0.307 e. The largest absolute Gasteiger partial charge is 0.307 e. The number of aromatic amines is 1. The van der Waals surface area contributed by atoms with E-state index in [9.17, 15) is 19.3 Å². The SMILES string of the molecule is Cc1cn[nH]c1NC(=O)c1ccc(F)c([N+](=O)[O-])c1. The Morgan fingerprint density at radius 2 is 2.26 bits per heavy atom. The fraction of sp³-hybridized carbons (Fsp3) is 0.0909. The first kappa shape index (κ1) is 12.7. The second-order valence-corrected chi connectivity index (χ2v) is 3.81. The Morgan fingerprint density at radius 1 is 1.53 bits per heavy atom. The summed E-state index contributed by atoms with van der Waals surface area (Å²) in [4.78, 5) is 21.6. The molecule has 0 bridgehead atoms. The van der Waals surface area contributed by atoms with Gasteiger partial charge in [-0.3, -0.25) is 20.0 Å². The molecule has 2 aromatic rings.